The fraction of sp³-hybridized carbons (Fsp3) is 0.429. The average molecular weight is 485 g/mol. The van der Waals surface area contributed by atoms with Crippen LogP contribution in [0, 0.1) is 0 Å². The van der Waals surface area contributed by atoms with E-state index in [-0.39, 0.29) is 11.8 Å². The number of ether oxygens (including phenoxy) is 2. The number of nitrogens with one attached hydrogen (secondary N) is 1. The molecule has 1 saturated carbocycles. The van der Waals surface area contributed by atoms with Crippen LogP contribution in [0.25, 0.3) is 11.2 Å². The van der Waals surface area contributed by atoms with E-state index >= 15 is 0 Å². The maximum Gasteiger partial charge on any atom is 0.406 e. The van der Waals surface area contributed by atoms with Crippen LogP contribution in [0.15, 0.2) is 41.7 Å². The summed E-state index contributed by atoms with van der Waals surface area (Å²) in [5.74, 6) is 0.285. The Labute approximate surface area is 195 Å². The van der Waals surface area contributed by atoms with Gasteiger partial charge in [-0.1, -0.05) is 30.3 Å². The minimum atomic E-state index is -3.64. The molecule has 0 amide bonds. The standard InChI is InChI=1S/C21H24N7O5P/c1-20(23-2)17-21(9-13(21)32-34(29,33-17)25-10-12-7-5-4-6-8-12)31-18(20)28-11-24-14-15(28)26-19(22)27-16(14)30-3/h4-8,11,13,17-18H,2,9-10H2,1,3H3,(H,25,29)(H2,22,26,27)/t13?,17-,18+,20+,21?,34?/m0/s1. The highest BCUT2D eigenvalue weighted by molar-refractivity contribution is 7.51. The van der Waals surface area contributed by atoms with Crippen molar-refractivity contribution in [2.75, 3.05) is 12.8 Å². The molecule has 2 aliphatic heterocycles. The third-order valence-corrected chi connectivity index (χ3v) is 8.28. The number of benzene rings is 1. The lowest BCUT2D eigenvalue weighted by Crippen LogP contribution is -2.48. The monoisotopic (exact) mass is 485 g/mol. The summed E-state index contributed by atoms with van der Waals surface area (Å²) < 4.78 is 39.1. The molecule has 34 heavy (non-hydrogen) atoms. The van der Waals surface area contributed by atoms with Crippen molar-refractivity contribution in [2.24, 2.45) is 4.99 Å². The molecule has 2 saturated heterocycles. The molecule has 0 radical (unpaired) electrons. The van der Waals surface area contributed by atoms with Crippen LogP contribution in [0.1, 0.15) is 25.1 Å². The number of aromatic nitrogens is 4. The van der Waals surface area contributed by atoms with E-state index in [2.05, 4.69) is 31.7 Å². The Kier molecular flexibility index (Phi) is 4.65. The van der Waals surface area contributed by atoms with Gasteiger partial charge in [0.05, 0.1) is 13.4 Å². The lowest BCUT2D eigenvalue weighted by Gasteiger charge is -2.36. The number of methoxy groups -OCH3 is 1. The van der Waals surface area contributed by atoms with E-state index in [1.807, 2.05) is 37.3 Å². The van der Waals surface area contributed by atoms with Crippen LogP contribution in [-0.4, -0.2) is 56.7 Å². The summed E-state index contributed by atoms with van der Waals surface area (Å²) in [5, 5.41) is 2.96. The molecule has 6 rings (SSSR count). The zero-order valence-corrected chi connectivity index (χ0v) is 19.5. The third-order valence-electron chi connectivity index (χ3n) is 6.72. The normalized spacial score (nSPS) is 36.1. The lowest BCUT2D eigenvalue weighted by molar-refractivity contribution is -0.0709. The number of rotatable bonds is 6. The Bertz CT molecular complexity index is 1340. The van der Waals surface area contributed by atoms with Gasteiger partial charge in [-0.15, -0.1) is 0 Å². The molecule has 3 N–H and O–H groups in total. The molecule has 3 unspecified atom stereocenters. The highest BCUT2D eigenvalue weighted by Crippen LogP contribution is 2.70. The molecule has 178 valence electrons. The van der Waals surface area contributed by atoms with Crippen LogP contribution in [0.4, 0.5) is 5.95 Å². The topological polar surface area (TPSA) is 148 Å². The summed E-state index contributed by atoms with van der Waals surface area (Å²) in [6.45, 7) is 5.99. The Morgan fingerprint density at radius 3 is 2.88 bits per heavy atom. The number of hydrogen-bond acceptors (Lipinski definition) is 10. The van der Waals surface area contributed by atoms with Crippen LogP contribution in [0.5, 0.6) is 5.88 Å². The number of aliphatic imine (C=N–C) groups is 1. The fourth-order valence-corrected chi connectivity index (χ4v) is 6.71. The Balaban J connectivity index is 1.35. The molecular formula is C21H24N7O5P. The molecule has 0 bridgehead atoms. The predicted octanol–water partition coefficient (Wildman–Crippen LogP) is 2.23. The second kappa shape index (κ2) is 7.30. The first-order chi connectivity index (χ1) is 16.3. The molecule has 2 aromatic heterocycles. The number of imidazole rings is 1. The maximum atomic E-state index is 13.6. The van der Waals surface area contributed by atoms with E-state index in [4.69, 9.17) is 24.3 Å². The number of nitrogen functional groups attached to an aromatic ring is 1. The van der Waals surface area contributed by atoms with E-state index in [1.54, 1.807) is 10.9 Å². The summed E-state index contributed by atoms with van der Waals surface area (Å²) in [6, 6.07) is 9.61. The molecule has 1 aromatic carbocycles. The van der Waals surface area contributed by atoms with Gasteiger partial charge in [0, 0.05) is 13.0 Å². The molecule has 1 spiro atoms. The summed E-state index contributed by atoms with van der Waals surface area (Å²) in [4.78, 5) is 17.2. The van der Waals surface area contributed by atoms with E-state index in [1.165, 1.54) is 7.11 Å². The smallest absolute Gasteiger partial charge is 0.406 e. The third kappa shape index (κ3) is 3.03. The number of nitrogens with zero attached hydrogens (tertiary/aromatic N) is 5. The molecule has 3 aliphatic rings. The van der Waals surface area contributed by atoms with Crippen LogP contribution in [0.2, 0.25) is 0 Å². The van der Waals surface area contributed by atoms with Crippen molar-refractivity contribution in [2.45, 2.75) is 49.5 Å². The highest BCUT2D eigenvalue weighted by atomic mass is 31.2. The largest absolute Gasteiger partial charge is 0.479 e. The summed E-state index contributed by atoms with van der Waals surface area (Å²) in [5.41, 5.74) is 5.86. The van der Waals surface area contributed by atoms with E-state index in [0.29, 0.717) is 24.1 Å². The van der Waals surface area contributed by atoms with E-state index in [0.717, 1.165) is 5.56 Å². The van der Waals surface area contributed by atoms with Gasteiger partial charge in [-0.2, -0.15) is 9.97 Å². The van der Waals surface area contributed by atoms with Crippen LogP contribution < -0.4 is 15.6 Å². The van der Waals surface area contributed by atoms with Crippen molar-refractivity contribution < 1.29 is 23.1 Å². The molecule has 4 heterocycles. The Morgan fingerprint density at radius 2 is 2.15 bits per heavy atom. The number of nitrogens with two attached hydrogens (primary N) is 1. The SMILES string of the molecule is C=N[C@]1(C)[C@@H]2OP(=O)(NCc3ccccc3)OC3CC32O[C@H]1n1cnc2c(OC)nc(N)nc21. The van der Waals surface area contributed by atoms with Crippen molar-refractivity contribution in [3.05, 3.63) is 42.2 Å². The van der Waals surface area contributed by atoms with Crippen LogP contribution in [0.3, 0.4) is 0 Å². The summed E-state index contributed by atoms with van der Waals surface area (Å²) >= 11 is 0. The number of anilines is 1. The van der Waals surface area contributed by atoms with Gasteiger partial charge in [-0.05, 0) is 19.2 Å². The molecule has 3 fully saturated rings. The van der Waals surface area contributed by atoms with Crippen LogP contribution in [-0.2, 0) is 24.9 Å². The van der Waals surface area contributed by atoms with Gasteiger partial charge in [-0.3, -0.25) is 18.6 Å². The Hall–Kier alpha value is -2.89. The minimum Gasteiger partial charge on any atom is -0.479 e. The van der Waals surface area contributed by atoms with Crippen molar-refractivity contribution in [3.63, 3.8) is 0 Å². The van der Waals surface area contributed by atoms with Gasteiger partial charge >= 0.3 is 7.75 Å². The minimum absolute atomic E-state index is 0.0337. The van der Waals surface area contributed by atoms with Gasteiger partial charge in [0.2, 0.25) is 11.8 Å². The van der Waals surface area contributed by atoms with Crippen molar-refractivity contribution >= 4 is 31.6 Å². The van der Waals surface area contributed by atoms with Gasteiger partial charge in [0.1, 0.15) is 23.3 Å². The average Bonchev–Trinajstić information content (AvgIpc) is 3.28. The van der Waals surface area contributed by atoms with Gasteiger partial charge in [0.15, 0.2) is 17.4 Å². The zero-order chi connectivity index (χ0) is 23.7. The second-order valence-corrected chi connectivity index (χ2v) is 10.6. The van der Waals surface area contributed by atoms with Crippen molar-refractivity contribution in [1.82, 2.24) is 24.6 Å². The quantitative estimate of drug-likeness (QED) is 0.393. The summed E-state index contributed by atoms with van der Waals surface area (Å²) in [6.07, 6.45) is 0.288. The summed E-state index contributed by atoms with van der Waals surface area (Å²) in [7, 11) is -2.16. The lowest BCUT2D eigenvalue weighted by atomic mass is 9.91. The first-order valence-corrected chi connectivity index (χ1v) is 12.3. The van der Waals surface area contributed by atoms with Gasteiger partial charge < -0.3 is 15.2 Å². The van der Waals surface area contributed by atoms with Gasteiger partial charge in [-0.25, -0.2) is 14.6 Å². The number of hydrogen-bond donors (Lipinski definition) is 2. The van der Waals surface area contributed by atoms with E-state index < -0.39 is 37.3 Å². The first-order valence-electron chi connectivity index (χ1n) is 10.8. The van der Waals surface area contributed by atoms with Gasteiger partial charge in [0.25, 0.3) is 0 Å². The molecule has 13 heteroatoms. The van der Waals surface area contributed by atoms with Crippen molar-refractivity contribution in [1.29, 1.82) is 0 Å². The molecule has 1 aliphatic carbocycles. The molecular weight excluding hydrogens is 461 g/mol. The maximum absolute atomic E-state index is 13.6. The zero-order valence-electron chi connectivity index (χ0n) is 18.6. The molecule has 6 atom stereocenters. The molecule has 3 aromatic rings. The first kappa shape index (κ1) is 21.6. The van der Waals surface area contributed by atoms with Crippen molar-refractivity contribution in [3.8, 4) is 5.88 Å². The molecule has 12 nitrogen and oxygen atoms in total. The van der Waals surface area contributed by atoms with Crippen LogP contribution >= 0.6 is 7.75 Å². The fourth-order valence-electron chi connectivity index (χ4n) is 4.88. The highest BCUT2D eigenvalue weighted by Gasteiger charge is 2.79. The Morgan fingerprint density at radius 1 is 1.35 bits per heavy atom. The number of fused-ring (bicyclic) bond motifs is 1. The predicted molar refractivity (Wildman–Crippen MR) is 122 cm³/mol. The van der Waals surface area contributed by atoms with E-state index in [9.17, 15) is 4.57 Å². The second-order valence-electron chi connectivity index (χ2n) is 8.83.